The second-order valence-electron chi connectivity index (χ2n) is 6.83. The standard InChI is InChI=1S/C19H16F2N2O4/c20-10-1-4-15(12(21)9-10)27-11-5-7-19(8-6-11)16-13(23-18(19)26)2-3-14(22-16)17(24)25/h1-4,9,11H,5-8H2,(H,23,26)(H,24,25)/t11-,19-. The van der Waals surface area contributed by atoms with Crippen LogP contribution >= 0.6 is 0 Å². The third-order valence-corrected chi connectivity index (χ3v) is 5.22. The highest BCUT2D eigenvalue weighted by Crippen LogP contribution is 2.47. The molecule has 2 aromatic rings. The molecule has 2 heterocycles. The molecule has 2 N–H and O–H groups in total. The number of hydrogen-bond acceptors (Lipinski definition) is 4. The van der Waals surface area contributed by atoms with Crippen LogP contribution in [0.2, 0.25) is 0 Å². The molecule has 4 rings (SSSR count). The normalized spacial score (nSPS) is 23.8. The summed E-state index contributed by atoms with van der Waals surface area (Å²) in [6.07, 6.45) is 1.39. The first kappa shape index (κ1) is 17.4. The Morgan fingerprint density at radius 2 is 1.96 bits per heavy atom. The van der Waals surface area contributed by atoms with Gasteiger partial charge >= 0.3 is 5.97 Å². The van der Waals surface area contributed by atoms with Gasteiger partial charge in [-0.05, 0) is 49.9 Å². The van der Waals surface area contributed by atoms with Crippen molar-refractivity contribution in [1.29, 1.82) is 0 Å². The molecule has 0 radical (unpaired) electrons. The molecule has 0 saturated heterocycles. The predicted molar refractivity (Wildman–Crippen MR) is 90.7 cm³/mol. The lowest BCUT2D eigenvalue weighted by Crippen LogP contribution is -2.41. The van der Waals surface area contributed by atoms with Crippen LogP contribution in [0.5, 0.6) is 5.75 Å². The number of aromatic carboxylic acids is 1. The Morgan fingerprint density at radius 1 is 1.22 bits per heavy atom. The molecular formula is C19H16F2N2O4. The fourth-order valence-electron chi connectivity index (χ4n) is 3.81. The van der Waals surface area contributed by atoms with E-state index in [1.807, 2.05) is 0 Å². The molecule has 1 amide bonds. The summed E-state index contributed by atoms with van der Waals surface area (Å²) in [7, 11) is 0. The third-order valence-electron chi connectivity index (χ3n) is 5.22. The predicted octanol–water partition coefficient (Wildman–Crippen LogP) is 3.27. The average Bonchev–Trinajstić information content (AvgIpc) is 2.90. The third kappa shape index (κ3) is 2.90. The molecule has 1 spiro atoms. The van der Waals surface area contributed by atoms with Crippen LogP contribution in [0.1, 0.15) is 41.9 Å². The Bertz CT molecular complexity index is 939. The summed E-state index contributed by atoms with van der Waals surface area (Å²) in [5, 5.41) is 11.9. The first-order valence-corrected chi connectivity index (χ1v) is 8.57. The maximum Gasteiger partial charge on any atom is 0.354 e. The quantitative estimate of drug-likeness (QED) is 0.861. The number of halogens is 2. The number of amides is 1. The SMILES string of the molecule is O=C(O)c1ccc2c(n1)[C@]1(CC[C@@H](Oc3ccc(F)cc3F)CC1)C(=O)N2. The minimum Gasteiger partial charge on any atom is -0.487 e. The number of fused-ring (bicyclic) bond motifs is 2. The zero-order valence-electron chi connectivity index (χ0n) is 14.2. The van der Waals surface area contributed by atoms with Gasteiger partial charge in [0.05, 0.1) is 22.9 Å². The van der Waals surface area contributed by atoms with Gasteiger partial charge in [0.25, 0.3) is 0 Å². The summed E-state index contributed by atoms with van der Waals surface area (Å²) in [6.45, 7) is 0. The van der Waals surface area contributed by atoms with Crippen LogP contribution in [-0.4, -0.2) is 28.1 Å². The minimum absolute atomic E-state index is 0.0279. The number of anilines is 1. The van der Waals surface area contributed by atoms with Gasteiger partial charge in [0.2, 0.25) is 5.91 Å². The first-order chi connectivity index (χ1) is 12.9. The van der Waals surface area contributed by atoms with Crippen molar-refractivity contribution in [2.24, 2.45) is 0 Å². The number of rotatable bonds is 3. The van der Waals surface area contributed by atoms with E-state index in [4.69, 9.17) is 4.74 Å². The lowest BCUT2D eigenvalue weighted by Gasteiger charge is -2.35. The van der Waals surface area contributed by atoms with E-state index in [1.54, 1.807) is 6.07 Å². The lowest BCUT2D eigenvalue weighted by molar-refractivity contribution is -0.122. The topological polar surface area (TPSA) is 88.5 Å². The second-order valence-corrected chi connectivity index (χ2v) is 6.83. The van der Waals surface area contributed by atoms with E-state index >= 15 is 0 Å². The highest BCUT2D eigenvalue weighted by molar-refractivity contribution is 6.06. The van der Waals surface area contributed by atoms with Gasteiger partial charge in [-0.25, -0.2) is 18.6 Å². The molecule has 0 bridgehead atoms. The van der Waals surface area contributed by atoms with E-state index in [1.165, 1.54) is 12.1 Å². The molecule has 0 atom stereocenters. The van der Waals surface area contributed by atoms with Crippen LogP contribution in [0.25, 0.3) is 0 Å². The molecule has 140 valence electrons. The summed E-state index contributed by atoms with van der Waals surface area (Å²) in [6, 6.07) is 6.03. The van der Waals surface area contributed by atoms with Crippen LogP contribution in [0.15, 0.2) is 30.3 Å². The van der Waals surface area contributed by atoms with Crippen LogP contribution in [0.4, 0.5) is 14.5 Å². The fraction of sp³-hybridized carbons (Fsp3) is 0.316. The molecule has 1 aliphatic carbocycles. The average molecular weight is 374 g/mol. The molecule has 1 aromatic heterocycles. The van der Waals surface area contributed by atoms with E-state index < -0.39 is 23.0 Å². The monoisotopic (exact) mass is 374 g/mol. The van der Waals surface area contributed by atoms with E-state index in [0.717, 1.165) is 12.1 Å². The molecular weight excluding hydrogens is 358 g/mol. The Kier molecular flexibility index (Phi) is 4.05. The highest BCUT2D eigenvalue weighted by atomic mass is 19.1. The second kappa shape index (κ2) is 6.29. The van der Waals surface area contributed by atoms with Gasteiger partial charge in [-0.3, -0.25) is 4.79 Å². The van der Waals surface area contributed by atoms with Gasteiger partial charge in [-0.2, -0.15) is 0 Å². The molecule has 0 unspecified atom stereocenters. The summed E-state index contributed by atoms with van der Waals surface area (Å²) < 4.78 is 32.4. The zero-order valence-corrected chi connectivity index (χ0v) is 14.2. The summed E-state index contributed by atoms with van der Waals surface area (Å²) >= 11 is 0. The molecule has 6 nitrogen and oxygen atoms in total. The highest BCUT2D eigenvalue weighted by Gasteiger charge is 2.50. The van der Waals surface area contributed by atoms with Crippen LogP contribution in [0.3, 0.4) is 0 Å². The van der Waals surface area contributed by atoms with Gasteiger partial charge in [0.1, 0.15) is 11.5 Å². The van der Waals surface area contributed by atoms with Crippen molar-refractivity contribution in [3.63, 3.8) is 0 Å². The Hall–Kier alpha value is -3.03. The van der Waals surface area contributed by atoms with Crippen LogP contribution in [0, 0.1) is 11.6 Å². The molecule has 1 aliphatic heterocycles. The number of carboxylic acids is 1. The van der Waals surface area contributed by atoms with E-state index in [0.29, 0.717) is 37.1 Å². The molecule has 1 fully saturated rings. The Labute approximate surface area is 153 Å². The van der Waals surface area contributed by atoms with Crippen LogP contribution < -0.4 is 10.1 Å². The summed E-state index contributed by atoms with van der Waals surface area (Å²) in [5.74, 6) is -2.84. The van der Waals surface area contributed by atoms with Crippen molar-refractivity contribution in [2.45, 2.75) is 37.2 Å². The number of nitrogens with zero attached hydrogens (tertiary/aromatic N) is 1. The first-order valence-electron chi connectivity index (χ1n) is 8.57. The van der Waals surface area contributed by atoms with Gasteiger partial charge in [0, 0.05) is 6.07 Å². The van der Waals surface area contributed by atoms with Gasteiger partial charge < -0.3 is 15.2 Å². The number of hydrogen-bond donors (Lipinski definition) is 2. The number of benzene rings is 1. The number of nitrogens with one attached hydrogen (secondary N) is 1. The summed E-state index contributed by atoms with van der Waals surface area (Å²) in [4.78, 5) is 28.0. The van der Waals surface area contributed by atoms with Crippen molar-refractivity contribution >= 4 is 17.6 Å². The Balaban J connectivity index is 1.54. The largest absolute Gasteiger partial charge is 0.487 e. The lowest BCUT2D eigenvalue weighted by atomic mass is 9.71. The van der Waals surface area contributed by atoms with Crippen molar-refractivity contribution in [3.05, 3.63) is 53.4 Å². The number of ether oxygens (including phenoxy) is 1. The van der Waals surface area contributed by atoms with E-state index in [2.05, 4.69) is 10.3 Å². The fourth-order valence-corrected chi connectivity index (χ4v) is 3.81. The van der Waals surface area contributed by atoms with Crippen molar-refractivity contribution in [2.75, 3.05) is 5.32 Å². The Morgan fingerprint density at radius 3 is 2.63 bits per heavy atom. The summed E-state index contributed by atoms with van der Waals surface area (Å²) in [5.41, 5.74) is -0.0497. The van der Waals surface area contributed by atoms with Gasteiger partial charge in [-0.15, -0.1) is 0 Å². The maximum atomic E-state index is 13.8. The zero-order chi connectivity index (χ0) is 19.2. The van der Waals surface area contributed by atoms with Crippen molar-refractivity contribution < 1.29 is 28.2 Å². The van der Waals surface area contributed by atoms with Crippen molar-refractivity contribution in [1.82, 2.24) is 4.98 Å². The van der Waals surface area contributed by atoms with Gasteiger partial charge in [0.15, 0.2) is 11.6 Å². The molecule has 1 saturated carbocycles. The smallest absolute Gasteiger partial charge is 0.354 e. The molecule has 8 heteroatoms. The minimum atomic E-state index is -1.16. The van der Waals surface area contributed by atoms with E-state index in [-0.39, 0.29) is 23.5 Å². The number of carboxylic acid groups (broad SMARTS) is 1. The molecule has 2 aliphatic rings. The van der Waals surface area contributed by atoms with E-state index in [9.17, 15) is 23.5 Å². The van der Waals surface area contributed by atoms with Crippen molar-refractivity contribution in [3.8, 4) is 5.75 Å². The number of carbonyl (C=O) groups excluding carboxylic acids is 1. The molecule has 27 heavy (non-hydrogen) atoms. The van der Waals surface area contributed by atoms with Gasteiger partial charge in [-0.1, -0.05) is 0 Å². The number of pyridine rings is 1. The molecule has 1 aromatic carbocycles. The number of carbonyl (C=O) groups is 2. The van der Waals surface area contributed by atoms with Crippen LogP contribution in [-0.2, 0) is 10.2 Å². The maximum absolute atomic E-state index is 13.8. The number of aromatic nitrogens is 1.